The largest absolute Gasteiger partial charge is 0.478 e. The summed E-state index contributed by atoms with van der Waals surface area (Å²) in [5.41, 5.74) is 3.75. The van der Waals surface area contributed by atoms with Crippen LogP contribution in [0.25, 0.3) is 5.65 Å². The number of nitrogens with one attached hydrogen (secondary N) is 1. The molecule has 1 unspecified atom stereocenters. The monoisotopic (exact) mass is 420 g/mol. The smallest absolute Gasteiger partial charge is 0.337 e. The van der Waals surface area contributed by atoms with E-state index in [9.17, 15) is 14.7 Å². The summed E-state index contributed by atoms with van der Waals surface area (Å²) in [6.45, 7) is 7.56. The number of hydrogen-bond donors (Lipinski definition) is 2. The van der Waals surface area contributed by atoms with Crippen LogP contribution in [0.5, 0.6) is 0 Å². The zero-order valence-corrected chi connectivity index (χ0v) is 18.2. The molecule has 0 amide bonds. The Morgan fingerprint density at radius 1 is 1.16 bits per heavy atom. The number of hydrogen-bond acceptors (Lipinski definition) is 5. The highest BCUT2D eigenvalue weighted by Crippen LogP contribution is 2.27. The Balaban J connectivity index is 1.83. The number of rotatable bonds is 5. The Labute approximate surface area is 181 Å². The van der Waals surface area contributed by atoms with Crippen LogP contribution in [0.3, 0.4) is 0 Å². The van der Waals surface area contributed by atoms with Crippen molar-refractivity contribution in [3.63, 3.8) is 0 Å². The van der Waals surface area contributed by atoms with Gasteiger partial charge in [-0.25, -0.2) is 9.78 Å². The number of aromatic nitrogens is 2. The highest BCUT2D eigenvalue weighted by atomic mass is 16.4. The second kappa shape index (κ2) is 8.41. The van der Waals surface area contributed by atoms with E-state index in [0.717, 1.165) is 42.9 Å². The molecule has 1 aromatic carbocycles. The Hall–Kier alpha value is -3.35. The number of anilines is 2. The second-order valence-corrected chi connectivity index (χ2v) is 8.30. The minimum absolute atomic E-state index is 0.0614. The lowest BCUT2D eigenvalue weighted by Gasteiger charge is -2.29. The van der Waals surface area contributed by atoms with E-state index in [0.29, 0.717) is 16.9 Å². The lowest BCUT2D eigenvalue weighted by atomic mass is 10.1. The maximum atomic E-state index is 13.2. The summed E-state index contributed by atoms with van der Waals surface area (Å²) in [5, 5.41) is 12.8. The van der Waals surface area contributed by atoms with Gasteiger partial charge in [-0.2, -0.15) is 0 Å². The number of carboxylic acid groups (broad SMARTS) is 1. The zero-order chi connectivity index (χ0) is 22.1. The van der Waals surface area contributed by atoms with E-state index in [-0.39, 0.29) is 17.2 Å². The van der Waals surface area contributed by atoms with Crippen LogP contribution in [0.4, 0.5) is 11.5 Å². The van der Waals surface area contributed by atoms with E-state index in [1.807, 2.05) is 33.0 Å². The average molecular weight is 421 g/mol. The van der Waals surface area contributed by atoms with Crippen molar-refractivity contribution >= 4 is 23.1 Å². The van der Waals surface area contributed by atoms with Gasteiger partial charge in [0.15, 0.2) is 0 Å². The number of fused-ring (bicyclic) bond motifs is 1. The summed E-state index contributed by atoms with van der Waals surface area (Å²) in [6, 6.07) is 8.59. The molecule has 0 radical (unpaired) electrons. The predicted molar refractivity (Wildman–Crippen MR) is 122 cm³/mol. The van der Waals surface area contributed by atoms with Crippen LogP contribution >= 0.6 is 0 Å². The van der Waals surface area contributed by atoms with Crippen molar-refractivity contribution < 1.29 is 9.90 Å². The molecule has 1 aliphatic heterocycles. The third-order valence-electron chi connectivity index (χ3n) is 5.94. The first kappa shape index (κ1) is 20.9. The van der Waals surface area contributed by atoms with Gasteiger partial charge < -0.3 is 15.3 Å². The number of aromatic carboxylic acids is 1. The van der Waals surface area contributed by atoms with Gasteiger partial charge in [0.25, 0.3) is 5.56 Å². The number of aryl methyl sites for hydroxylation is 1. The molecule has 1 fully saturated rings. The van der Waals surface area contributed by atoms with Gasteiger partial charge in [-0.15, -0.1) is 0 Å². The van der Waals surface area contributed by atoms with Crippen LogP contribution in [0.2, 0.25) is 0 Å². The summed E-state index contributed by atoms with van der Waals surface area (Å²) >= 11 is 0. The average Bonchev–Trinajstić information content (AvgIpc) is 2.77. The van der Waals surface area contributed by atoms with Gasteiger partial charge in [0.05, 0.1) is 17.2 Å². The van der Waals surface area contributed by atoms with E-state index >= 15 is 0 Å². The molecule has 0 bridgehead atoms. The summed E-state index contributed by atoms with van der Waals surface area (Å²) in [4.78, 5) is 32.0. The molecule has 4 rings (SSSR count). The topological polar surface area (TPSA) is 86.9 Å². The van der Waals surface area contributed by atoms with Crippen LogP contribution in [0, 0.1) is 13.8 Å². The van der Waals surface area contributed by atoms with Gasteiger partial charge in [-0.1, -0.05) is 12.1 Å². The fraction of sp³-hybridized carbons (Fsp3) is 0.375. The van der Waals surface area contributed by atoms with Crippen molar-refractivity contribution in [2.75, 3.05) is 23.3 Å². The number of nitrogens with zero attached hydrogens (tertiary/aromatic N) is 3. The first-order valence-corrected chi connectivity index (χ1v) is 10.7. The molecule has 1 saturated heterocycles. The fourth-order valence-corrected chi connectivity index (χ4v) is 4.32. The van der Waals surface area contributed by atoms with E-state index in [1.54, 1.807) is 28.7 Å². The molecule has 3 heterocycles. The van der Waals surface area contributed by atoms with Crippen molar-refractivity contribution in [1.82, 2.24) is 9.38 Å². The van der Waals surface area contributed by atoms with Crippen molar-refractivity contribution in [3.05, 3.63) is 69.1 Å². The molecule has 1 atom stereocenters. The SMILES string of the molecule is Cc1cc(C(C)Nc2ccccc2C(=O)O)c2nc(N3CCCCC3)c(C)c(=O)n2c1. The van der Waals surface area contributed by atoms with Gasteiger partial charge in [0.1, 0.15) is 11.5 Å². The summed E-state index contributed by atoms with van der Waals surface area (Å²) < 4.78 is 1.62. The number of piperidine rings is 1. The van der Waals surface area contributed by atoms with Crippen LogP contribution in [0.15, 0.2) is 41.3 Å². The van der Waals surface area contributed by atoms with Gasteiger partial charge in [-0.05, 0) is 63.8 Å². The van der Waals surface area contributed by atoms with Gasteiger partial charge >= 0.3 is 5.97 Å². The van der Waals surface area contributed by atoms with Crippen LogP contribution in [-0.4, -0.2) is 33.6 Å². The minimum atomic E-state index is -0.984. The van der Waals surface area contributed by atoms with Crippen LogP contribution < -0.4 is 15.8 Å². The molecule has 3 aromatic rings. The number of benzene rings is 1. The number of pyridine rings is 1. The third kappa shape index (κ3) is 4.00. The van der Waals surface area contributed by atoms with Gasteiger partial charge in [0.2, 0.25) is 0 Å². The molecular formula is C24H28N4O3. The molecule has 0 aliphatic carbocycles. The first-order chi connectivity index (χ1) is 14.9. The maximum Gasteiger partial charge on any atom is 0.337 e. The lowest BCUT2D eigenvalue weighted by Crippen LogP contribution is -2.34. The molecule has 2 aromatic heterocycles. The number of carboxylic acids is 1. The van der Waals surface area contributed by atoms with Crippen molar-refractivity contribution in [2.45, 2.75) is 46.1 Å². The van der Waals surface area contributed by atoms with Crippen LogP contribution in [0.1, 0.15) is 59.3 Å². The second-order valence-electron chi connectivity index (χ2n) is 8.30. The Morgan fingerprint density at radius 2 is 1.87 bits per heavy atom. The molecule has 0 saturated carbocycles. The maximum absolute atomic E-state index is 13.2. The van der Waals surface area contributed by atoms with Crippen molar-refractivity contribution in [1.29, 1.82) is 0 Å². The highest BCUT2D eigenvalue weighted by molar-refractivity contribution is 5.94. The van der Waals surface area contributed by atoms with Crippen molar-refractivity contribution in [3.8, 4) is 0 Å². The number of carbonyl (C=O) groups is 1. The van der Waals surface area contributed by atoms with E-state index in [1.165, 1.54) is 6.42 Å². The quantitative estimate of drug-likeness (QED) is 0.644. The Kier molecular flexibility index (Phi) is 5.67. The van der Waals surface area contributed by atoms with E-state index in [4.69, 9.17) is 4.98 Å². The Morgan fingerprint density at radius 3 is 2.58 bits per heavy atom. The highest BCUT2D eigenvalue weighted by Gasteiger charge is 2.21. The minimum Gasteiger partial charge on any atom is -0.478 e. The molecule has 1 aliphatic rings. The first-order valence-electron chi connectivity index (χ1n) is 10.7. The standard InChI is InChI=1S/C24H28N4O3/c1-15-13-19(17(3)25-20-10-6-5-9-18(20)24(30)31)22-26-21(27-11-7-4-8-12-27)16(2)23(29)28(22)14-15/h5-6,9-10,13-14,17,25H,4,7-8,11-12H2,1-3H3,(H,30,31). The molecule has 2 N–H and O–H groups in total. The lowest BCUT2D eigenvalue weighted by molar-refractivity contribution is 0.0698. The molecule has 0 spiro atoms. The van der Waals surface area contributed by atoms with E-state index < -0.39 is 5.97 Å². The van der Waals surface area contributed by atoms with E-state index in [2.05, 4.69) is 10.2 Å². The summed E-state index contributed by atoms with van der Waals surface area (Å²) in [6.07, 6.45) is 5.23. The van der Waals surface area contributed by atoms with Gasteiger partial charge in [0, 0.05) is 30.5 Å². The number of para-hydroxylation sites is 1. The summed E-state index contributed by atoms with van der Waals surface area (Å²) in [5.74, 6) is -0.227. The molecular weight excluding hydrogens is 392 g/mol. The zero-order valence-electron chi connectivity index (χ0n) is 18.2. The van der Waals surface area contributed by atoms with Crippen LogP contribution in [-0.2, 0) is 0 Å². The molecule has 7 heteroatoms. The summed E-state index contributed by atoms with van der Waals surface area (Å²) in [7, 11) is 0. The molecule has 7 nitrogen and oxygen atoms in total. The molecule has 31 heavy (non-hydrogen) atoms. The fourth-order valence-electron chi connectivity index (χ4n) is 4.32. The van der Waals surface area contributed by atoms with Gasteiger partial charge in [-0.3, -0.25) is 9.20 Å². The third-order valence-corrected chi connectivity index (χ3v) is 5.94. The predicted octanol–water partition coefficient (Wildman–Crippen LogP) is 4.17. The Bertz CT molecular complexity index is 1200. The molecule has 162 valence electrons. The normalized spacial score (nSPS) is 15.1. The van der Waals surface area contributed by atoms with Crippen molar-refractivity contribution in [2.24, 2.45) is 0 Å².